The number of nitrogens with zero attached hydrogens (tertiary/aromatic N) is 4. The first-order valence-corrected chi connectivity index (χ1v) is 5.94. The van der Waals surface area contributed by atoms with E-state index in [0.717, 1.165) is 31.3 Å². The zero-order chi connectivity index (χ0) is 12.7. The predicted octanol–water partition coefficient (Wildman–Crippen LogP) is -0.0457. The molecule has 17 heavy (non-hydrogen) atoms. The minimum Gasteiger partial charge on any atom is -0.394 e. The number of aliphatic hydroxyl groups excluding tert-OH is 1. The highest BCUT2D eigenvalue weighted by Crippen LogP contribution is 2.02. The van der Waals surface area contributed by atoms with E-state index in [1.165, 1.54) is 0 Å². The maximum absolute atomic E-state index is 8.60. The van der Waals surface area contributed by atoms with Crippen LogP contribution >= 0.6 is 0 Å². The number of hydrogen-bond donors (Lipinski definition) is 1. The van der Waals surface area contributed by atoms with Gasteiger partial charge in [0.25, 0.3) is 0 Å². The standard InChI is InChI=1S/C11H22N4O2/c1-4-15(5-7-17-8-6-16)9-11-13-12-10(2)14(11)3/h16H,4-9H2,1-3H3. The second kappa shape index (κ2) is 7.37. The van der Waals surface area contributed by atoms with Crippen LogP contribution in [0.1, 0.15) is 18.6 Å². The predicted molar refractivity (Wildman–Crippen MR) is 64.6 cm³/mol. The summed E-state index contributed by atoms with van der Waals surface area (Å²) in [5.41, 5.74) is 0. The molecule has 0 spiro atoms. The van der Waals surface area contributed by atoms with Crippen molar-refractivity contribution in [3.05, 3.63) is 11.6 Å². The Labute approximate surface area is 102 Å². The van der Waals surface area contributed by atoms with E-state index in [1.54, 1.807) is 0 Å². The molecule has 1 aromatic heterocycles. The molecule has 0 unspecified atom stereocenters. The lowest BCUT2D eigenvalue weighted by Gasteiger charge is -2.19. The molecule has 0 aromatic carbocycles. The molecule has 0 atom stereocenters. The SMILES string of the molecule is CCN(CCOCCO)Cc1nnc(C)n1C. The van der Waals surface area contributed by atoms with E-state index in [2.05, 4.69) is 22.0 Å². The van der Waals surface area contributed by atoms with Crippen LogP contribution < -0.4 is 0 Å². The lowest BCUT2D eigenvalue weighted by Crippen LogP contribution is -2.28. The minimum atomic E-state index is 0.0780. The fraction of sp³-hybridized carbons (Fsp3) is 0.818. The molecule has 0 aliphatic rings. The topological polar surface area (TPSA) is 63.4 Å². The highest BCUT2D eigenvalue weighted by molar-refractivity contribution is 4.92. The zero-order valence-electron chi connectivity index (χ0n) is 10.9. The van der Waals surface area contributed by atoms with E-state index < -0.39 is 0 Å². The van der Waals surface area contributed by atoms with E-state index in [1.807, 2.05) is 18.5 Å². The summed E-state index contributed by atoms with van der Waals surface area (Å²) in [7, 11) is 1.97. The van der Waals surface area contributed by atoms with Crippen molar-refractivity contribution in [2.24, 2.45) is 7.05 Å². The Kier molecular flexibility index (Phi) is 6.10. The van der Waals surface area contributed by atoms with Crippen molar-refractivity contribution in [1.29, 1.82) is 0 Å². The second-order valence-corrected chi connectivity index (χ2v) is 3.93. The van der Waals surface area contributed by atoms with Crippen LogP contribution in [0.3, 0.4) is 0 Å². The molecule has 1 aromatic rings. The van der Waals surface area contributed by atoms with Crippen LogP contribution in [0.4, 0.5) is 0 Å². The maximum Gasteiger partial charge on any atom is 0.146 e. The molecule has 0 radical (unpaired) electrons. The lowest BCUT2D eigenvalue weighted by atomic mass is 10.4. The number of aryl methyl sites for hydroxylation is 1. The zero-order valence-corrected chi connectivity index (χ0v) is 10.9. The summed E-state index contributed by atoms with van der Waals surface area (Å²) < 4.78 is 7.25. The molecule has 1 N–H and O–H groups in total. The molecule has 0 saturated carbocycles. The molecule has 1 heterocycles. The maximum atomic E-state index is 8.60. The molecule has 0 aliphatic carbocycles. The monoisotopic (exact) mass is 242 g/mol. The molecule has 98 valence electrons. The highest BCUT2D eigenvalue weighted by Gasteiger charge is 2.09. The highest BCUT2D eigenvalue weighted by atomic mass is 16.5. The number of aromatic nitrogens is 3. The Morgan fingerprint density at radius 3 is 2.65 bits per heavy atom. The lowest BCUT2D eigenvalue weighted by molar-refractivity contribution is 0.0725. The van der Waals surface area contributed by atoms with Gasteiger partial charge in [-0.2, -0.15) is 0 Å². The van der Waals surface area contributed by atoms with Crippen LogP contribution in [0.25, 0.3) is 0 Å². The van der Waals surface area contributed by atoms with Gasteiger partial charge in [-0.1, -0.05) is 6.92 Å². The van der Waals surface area contributed by atoms with Crippen molar-refractivity contribution in [1.82, 2.24) is 19.7 Å². The van der Waals surface area contributed by atoms with Gasteiger partial charge in [0.05, 0.1) is 26.4 Å². The number of aliphatic hydroxyl groups is 1. The average Bonchev–Trinajstić information content (AvgIpc) is 2.64. The van der Waals surface area contributed by atoms with Gasteiger partial charge in [-0.25, -0.2) is 0 Å². The fourth-order valence-electron chi connectivity index (χ4n) is 1.50. The molecule has 6 nitrogen and oxygen atoms in total. The molecule has 0 saturated heterocycles. The third kappa shape index (κ3) is 4.41. The molecule has 6 heteroatoms. The van der Waals surface area contributed by atoms with Crippen molar-refractivity contribution in [3.63, 3.8) is 0 Å². The van der Waals surface area contributed by atoms with Gasteiger partial charge in [-0.15, -0.1) is 10.2 Å². The smallest absolute Gasteiger partial charge is 0.146 e. The van der Waals surface area contributed by atoms with Gasteiger partial charge in [-0.05, 0) is 13.5 Å². The van der Waals surface area contributed by atoms with Gasteiger partial charge in [0.1, 0.15) is 11.6 Å². The molecule has 1 rings (SSSR count). The summed E-state index contributed by atoms with van der Waals surface area (Å²) in [4.78, 5) is 2.24. The van der Waals surface area contributed by atoms with E-state index >= 15 is 0 Å². The van der Waals surface area contributed by atoms with Crippen molar-refractivity contribution >= 4 is 0 Å². The molecular formula is C11H22N4O2. The quantitative estimate of drug-likeness (QED) is 0.648. The van der Waals surface area contributed by atoms with Crippen LogP contribution in [-0.4, -0.2) is 57.7 Å². The summed E-state index contributed by atoms with van der Waals surface area (Å²) in [6.45, 7) is 7.71. The van der Waals surface area contributed by atoms with Gasteiger partial charge in [0.2, 0.25) is 0 Å². The van der Waals surface area contributed by atoms with Gasteiger partial charge in [0, 0.05) is 13.6 Å². The molecule has 0 fully saturated rings. The Hall–Kier alpha value is -0.980. The van der Waals surface area contributed by atoms with Gasteiger partial charge < -0.3 is 14.4 Å². The first-order valence-electron chi connectivity index (χ1n) is 5.94. The van der Waals surface area contributed by atoms with Crippen molar-refractivity contribution in [2.75, 3.05) is 32.9 Å². The third-order valence-corrected chi connectivity index (χ3v) is 2.78. The van der Waals surface area contributed by atoms with Gasteiger partial charge in [0.15, 0.2) is 0 Å². The van der Waals surface area contributed by atoms with Crippen LogP contribution in [-0.2, 0) is 18.3 Å². The summed E-state index contributed by atoms with van der Waals surface area (Å²) in [5, 5.41) is 16.8. The average molecular weight is 242 g/mol. The Bertz CT molecular complexity index is 327. The number of rotatable bonds is 8. The van der Waals surface area contributed by atoms with Crippen molar-refractivity contribution in [2.45, 2.75) is 20.4 Å². The number of ether oxygens (including phenoxy) is 1. The van der Waals surface area contributed by atoms with E-state index in [9.17, 15) is 0 Å². The first kappa shape index (κ1) is 14.1. The minimum absolute atomic E-state index is 0.0780. The summed E-state index contributed by atoms with van der Waals surface area (Å²) in [6, 6.07) is 0. The van der Waals surface area contributed by atoms with Crippen LogP contribution in [0.5, 0.6) is 0 Å². The first-order chi connectivity index (χ1) is 8.19. The van der Waals surface area contributed by atoms with E-state index in [0.29, 0.717) is 13.2 Å². The van der Waals surface area contributed by atoms with E-state index in [4.69, 9.17) is 9.84 Å². The number of hydrogen-bond acceptors (Lipinski definition) is 5. The Balaban J connectivity index is 2.38. The Morgan fingerprint density at radius 2 is 2.12 bits per heavy atom. The number of likely N-dealkylation sites (N-methyl/N-ethyl adjacent to an activating group) is 1. The molecule has 0 bridgehead atoms. The molecule has 0 aliphatic heterocycles. The fourth-order valence-corrected chi connectivity index (χ4v) is 1.50. The molecular weight excluding hydrogens is 220 g/mol. The third-order valence-electron chi connectivity index (χ3n) is 2.78. The Morgan fingerprint density at radius 1 is 1.35 bits per heavy atom. The second-order valence-electron chi connectivity index (χ2n) is 3.93. The van der Waals surface area contributed by atoms with Crippen LogP contribution in [0.15, 0.2) is 0 Å². The van der Waals surface area contributed by atoms with E-state index in [-0.39, 0.29) is 6.61 Å². The van der Waals surface area contributed by atoms with Crippen LogP contribution in [0, 0.1) is 6.92 Å². The normalized spacial score (nSPS) is 11.4. The van der Waals surface area contributed by atoms with Crippen molar-refractivity contribution in [3.8, 4) is 0 Å². The summed E-state index contributed by atoms with van der Waals surface area (Å²) in [6.07, 6.45) is 0. The van der Waals surface area contributed by atoms with Crippen LogP contribution in [0.2, 0.25) is 0 Å². The summed E-state index contributed by atoms with van der Waals surface area (Å²) >= 11 is 0. The van der Waals surface area contributed by atoms with Gasteiger partial charge >= 0.3 is 0 Å². The summed E-state index contributed by atoms with van der Waals surface area (Å²) in [5.74, 6) is 1.89. The van der Waals surface area contributed by atoms with Crippen molar-refractivity contribution < 1.29 is 9.84 Å². The largest absolute Gasteiger partial charge is 0.394 e. The molecule has 0 amide bonds. The van der Waals surface area contributed by atoms with Gasteiger partial charge in [-0.3, -0.25) is 4.90 Å².